The monoisotopic (exact) mass is 560 g/mol. The Bertz CT molecular complexity index is 1410. The lowest BCUT2D eigenvalue weighted by atomic mass is 9.88. The lowest BCUT2D eigenvalue weighted by Crippen LogP contribution is -2.51. The molecule has 0 radical (unpaired) electrons. The van der Waals surface area contributed by atoms with Gasteiger partial charge in [0.25, 0.3) is 0 Å². The third-order valence-corrected chi connectivity index (χ3v) is 7.45. The topological polar surface area (TPSA) is 86.3 Å². The van der Waals surface area contributed by atoms with Crippen molar-refractivity contribution in [3.63, 3.8) is 0 Å². The van der Waals surface area contributed by atoms with E-state index in [1.54, 1.807) is 42.3 Å². The number of urea groups is 1. The van der Waals surface area contributed by atoms with Gasteiger partial charge >= 0.3 is 12.0 Å². The number of nitrogens with zero attached hydrogens (tertiary/aromatic N) is 1. The van der Waals surface area contributed by atoms with Gasteiger partial charge in [0.1, 0.15) is 36.3 Å². The number of hydrogen-bond donors (Lipinski definition) is 1. The Morgan fingerprint density at radius 2 is 1.71 bits per heavy atom. The summed E-state index contributed by atoms with van der Waals surface area (Å²) in [6.07, 6.45) is 1.77. The number of amides is 2. The molecular formula is C32H33FN2O6. The number of fused-ring (bicyclic) bond motifs is 2. The third-order valence-electron chi connectivity index (χ3n) is 7.45. The highest BCUT2D eigenvalue weighted by atomic mass is 19.1. The van der Waals surface area contributed by atoms with Crippen LogP contribution in [0.25, 0.3) is 5.57 Å². The van der Waals surface area contributed by atoms with Crippen molar-refractivity contribution in [3.05, 3.63) is 95.3 Å². The molecule has 1 fully saturated rings. The summed E-state index contributed by atoms with van der Waals surface area (Å²) in [5.41, 5.74) is 2.70. The summed E-state index contributed by atoms with van der Waals surface area (Å²) < 4.78 is 36.4. The molecule has 0 aliphatic carbocycles. The molecule has 0 spiro atoms. The molecule has 0 aromatic heterocycles. The first kappa shape index (κ1) is 28.0. The van der Waals surface area contributed by atoms with E-state index in [2.05, 4.69) is 5.32 Å². The van der Waals surface area contributed by atoms with Gasteiger partial charge in [-0.1, -0.05) is 30.3 Å². The maximum absolute atomic E-state index is 14.3. The summed E-state index contributed by atoms with van der Waals surface area (Å²) in [5, 5.41) is 2.92. The zero-order valence-electron chi connectivity index (χ0n) is 23.1. The van der Waals surface area contributed by atoms with Crippen LogP contribution in [-0.4, -0.2) is 56.4 Å². The lowest BCUT2D eigenvalue weighted by Gasteiger charge is -2.37. The second-order valence-electron chi connectivity index (χ2n) is 9.91. The van der Waals surface area contributed by atoms with E-state index in [9.17, 15) is 14.0 Å². The highest BCUT2D eigenvalue weighted by Crippen LogP contribution is 2.45. The Kier molecular flexibility index (Phi) is 8.72. The van der Waals surface area contributed by atoms with Crippen LogP contribution in [0.3, 0.4) is 0 Å². The van der Waals surface area contributed by atoms with Gasteiger partial charge < -0.3 is 29.2 Å². The van der Waals surface area contributed by atoms with Gasteiger partial charge in [-0.3, -0.25) is 0 Å². The third kappa shape index (κ3) is 6.29. The molecule has 1 saturated heterocycles. The summed E-state index contributed by atoms with van der Waals surface area (Å²) in [6, 6.07) is 20.3. The SMILES string of the molecule is COC(=O)C1=C(c2ccc(F)cc2OCc2ccccc2)C[C@@H]2CC[C@H]1N2C(=O)NCCOc1ccc(OC)cc1. The van der Waals surface area contributed by atoms with Gasteiger partial charge in [0.15, 0.2) is 0 Å². The maximum Gasteiger partial charge on any atom is 0.336 e. The minimum atomic E-state index is -0.510. The first-order valence-electron chi connectivity index (χ1n) is 13.6. The summed E-state index contributed by atoms with van der Waals surface area (Å²) in [4.78, 5) is 28.2. The van der Waals surface area contributed by atoms with Crippen molar-refractivity contribution in [2.24, 2.45) is 0 Å². The molecule has 8 nitrogen and oxygen atoms in total. The molecule has 2 aliphatic heterocycles. The Morgan fingerprint density at radius 1 is 0.951 bits per heavy atom. The van der Waals surface area contributed by atoms with Gasteiger partial charge in [-0.15, -0.1) is 0 Å². The average Bonchev–Trinajstić information content (AvgIpc) is 3.32. The van der Waals surface area contributed by atoms with Crippen LogP contribution in [0.15, 0.2) is 78.4 Å². The molecule has 2 bridgehead atoms. The molecule has 0 unspecified atom stereocenters. The number of carbonyl (C=O) groups is 2. The van der Waals surface area contributed by atoms with E-state index < -0.39 is 17.8 Å². The number of carbonyl (C=O) groups excluding carboxylic acids is 2. The van der Waals surface area contributed by atoms with E-state index >= 15 is 0 Å². The normalized spacial score (nSPS) is 17.7. The zero-order chi connectivity index (χ0) is 28.8. The van der Waals surface area contributed by atoms with Crippen LogP contribution in [0.2, 0.25) is 0 Å². The van der Waals surface area contributed by atoms with Crippen LogP contribution in [0, 0.1) is 5.82 Å². The number of benzene rings is 3. The minimum Gasteiger partial charge on any atom is -0.497 e. The molecule has 9 heteroatoms. The van der Waals surface area contributed by atoms with E-state index in [1.165, 1.54) is 19.2 Å². The fourth-order valence-electron chi connectivity index (χ4n) is 5.54. The molecule has 2 amide bonds. The molecule has 5 rings (SSSR count). The zero-order valence-corrected chi connectivity index (χ0v) is 23.1. The Morgan fingerprint density at radius 3 is 2.44 bits per heavy atom. The highest BCUT2D eigenvalue weighted by molar-refractivity contribution is 6.01. The van der Waals surface area contributed by atoms with Crippen molar-refractivity contribution in [1.29, 1.82) is 0 Å². The quantitative estimate of drug-likeness (QED) is 0.265. The van der Waals surface area contributed by atoms with Gasteiger partial charge in [0.05, 0.1) is 32.4 Å². The van der Waals surface area contributed by atoms with Crippen molar-refractivity contribution < 1.29 is 32.9 Å². The molecule has 1 N–H and O–H groups in total. The Balaban J connectivity index is 1.33. The van der Waals surface area contributed by atoms with E-state index in [4.69, 9.17) is 18.9 Å². The van der Waals surface area contributed by atoms with E-state index in [-0.39, 0.29) is 25.3 Å². The van der Waals surface area contributed by atoms with Crippen molar-refractivity contribution in [2.75, 3.05) is 27.4 Å². The largest absolute Gasteiger partial charge is 0.497 e. The van der Waals surface area contributed by atoms with Crippen LogP contribution in [0.5, 0.6) is 17.2 Å². The fraction of sp³-hybridized carbons (Fsp3) is 0.312. The van der Waals surface area contributed by atoms with Crippen LogP contribution in [-0.2, 0) is 16.1 Å². The van der Waals surface area contributed by atoms with E-state index in [0.29, 0.717) is 42.0 Å². The number of methoxy groups -OCH3 is 2. The van der Waals surface area contributed by atoms with Crippen LogP contribution in [0.4, 0.5) is 9.18 Å². The standard InChI is InChI=1S/C32H33FN2O6/c1-38-24-10-12-25(13-11-24)40-17-16-34-32(37)35-23-9-15-28(35)30(31(36)39-2)27(19-23)26-14-8-22(33)18-29(26)41-20-21-6-4-3-5-7-21/h3-8,10-14,18,23,28H,9,15-17,19-20H2,1-2H3,(H,34,37)/t23-,28+/m0/s1. The number of nitrogens with one attached hydrogen (secondary N) is 1. The average molecular weight is 561 g/mol. The van der Waals surface area contributed by atoms with Gasteiger partial charge in [-0.05, 0) is 66.8 Å². The molecule has 0 saturated carbocycles. The van der Waals surface area contributed by atoms with Crippen molar-refractivity contribution >= 4 is 17.6 Å². The second-order valence-corrected chi connectivity index (χ2v) is 9.91. The number of rotatable bonds is 10. The van der Waals surface area contributed by atoms with Gasteiger partial charge in [-0.25, -0.2) is 14.0 Å². The van der Waals surface area contributed by atoms with Crippen molar-refractivity contribution in [1.82, 2.24) is 10.2 Å². The first-order valence-corrected chi connectivity index (χ1v) is 13.6. The van der Waals surface area contributed by atoms with E-state index in [1.807, 2.05) is 30.3 Å². The Hall–Kier alpha value is -4.53. The fourth-order valence-corrected chi connectivity index (χ4v) is 5.54. The highest BCUT2D eigenvalue weighted by Gasteiger charge is 2.47. The minimum absolute atomic E-state index is 0.127. The lowest BCUT2D eigenvalue weighted by molar-refractivity contribution is -0.136. The molecule has 214 valence electrons. The molecule has 2 heterocycles. The maximum atomic E-state index is 14.3. The van der Waals surface area contributed by atoms with Crippen molar-refractivity contribution in [2.45, 2.75) is 38.0 Å². The molecule has 3 aromatic rings. The number of ether oxygens (including phenoxy) is 4. The summed E-state index contributed by atoms with van der Waals surface area (Å²) in [7, 11) is 2.92. The number of halogens is 1. The van der Waals surface area contributed by atoms with E-state index in [0.717, 1.165) is 23.3 Å². The van der Waals surface area contributed by atoms with Gasteiger partial charge in [0, 0.05) is 17.7 Å². The molecule has 2 atom stereocenters. The first-order chi connectivity index (χ1) is 20.0. The van der Waals surface area contributed by atoms with Gasteiger partial charge in [0.2, 0.25) is 0 Å². The predicted octanol–water partition coefficient (Wildman–Crippen LogP) is 5.37. The summed E-state index contributed by atoms with van der Waals surface area (Å²) in [6.45, 7) is 0.822. The van der Waals surface area contributed by atoms with Crippen molar-refractivity contribution in [3.8, 4) is 17.2 Å². The molecular weight excluding hydrogens is 527 g/mol. The van der Waals surface area contributed by atoms with Crippen LogP contribution in [0.1, 0.15) is 30.4 Å². The Labute approximate surface area is 238 Å². The number of esters is 1. The smallest absolute Gasteiger partial charge is 0.336 e. The predicted molar refractivity (Wildman–Crippen MR) is 151 cm³/mol. The van der Waals surface area contributed by atoms with Gasteiger partial charge in [-0.2, -0.15) is 0 Å². The molecule has 2 aliphatic rings. The molecule has 41 heavy (non-hydrogen) atoms. The van der Waals surface area contributed by atoms with Crippen LogP contribution < -0.4 is 19.5 Å². The summed E-state index contributed by atoms with van der Waals surface area (Å²) >= 11 is 0. The van der Waals surface area contributed by atoms with Crippen LogP contribution >= 0.6 is 0 Å². The number of hydrogen-bond acceptors (Lipinski definition) is 6. The molecule has 3 aromatic carbocycles. The second kappa shape index (κ2) is 12.8. The summed E-state index contributed by atoms with van der Waals surface area (Å²) in [5.74, 6) is 0.801.